The van der Waals surface area contributed by atoms with E-state index in [0.717, 1.165) is 16.0 Å². The van der Waals surface area contributed by atoms with E-state index >= 15 is 0 Å². The van der Waals surface area contributed by atoms with Gasteiger partial charge in [-0.3, -0.25) is 0 Å². The predicted octanol–water partition coefficient (Wildman–Crippen LogP) is 4.01. The van der Waals surface area contributed by atoms with E-state index in [0.29, 0.717) is 22.0 Å². The SMILES string of the molecule is C/C(=N\c1nc(C)c(C)s1)c1cc2ccccc2oc1=O. The van der Waals surface area contributed by atoms with E-state index in [4.69, 9.17) is 4.42 Å². The molecule has 3 rings (SSSR count). The molecule has 2 aromatic heterocycles. The Bertz CT molecular complexity index is 887. The van der Waals surface area contributed by atoms with Crippen LogP contribution < -0.4 is 5.63 Å². The maximum absolute atomic E-state index is 12.1. The standard InChI is InChI=1S/C16H14N2O2S/c1-9-11(3)21-16(17-9)18-10(2)13-8-12-6-4-5-7-14(12)20-15(13)19/h4-8H,1-3H3/b18-10+. The molecule has 106 valence electrons. The number of aromatic nitrogens is 1. The Kier molecular flexibility index (Phi) is 3.43. The molecule has 0 aliphatic heterocycles. The minimum Gasteiger partial charge on any atom is -0.422 e. The van der Waals surface area contributed by atoms with Crippen LogP contribution in [0.25, 0.3) is 11.0 Å². The second-order valence-electron chi connectivity index (χ2n) is 4.82. The van der Waals surface area contributed by atoms with Gasteiger partial charge in [-0.1, -0.05) is 29.5 Å². The van der Waals surface area contributed by atoms with Crippen molar-refractivity contribution in [3.63, 3.8) is 0 Å². The summed E-state index contributed by atoms with van der Waals surface area (Å²) in [4.78, 5) is 22.0. The molecule has 0 saturated heterocycles. The van der Waals surface area contributed by atoms with Gasteiger partial charge in [-0.25, -0.2) is 14.8 Å². The lowest BCUT2D eigenvalue weighted by Gasteiger charge is -2.01. The average molecular weight is 298 g/mol. The van der Waals surface area contributed by atoms with Crippen LogP contribution in [0.2, 0.25) is 0 Å². The summed E-state index contributed by atoms with van der Waals surface area (Å²) in [6, 6.07) is 9.25. The zero-order chi connectivity index (χ0) is 15.0. The molecule has 21 heavy (non-hydrogen) atoms. The molecule has 5 heteroatoms. The van der Waals surface area contributed by atoms with Crippen LogP contribution in [0.1, 0.15) is 23.1 Å². The molecule has 0 spiro atoms. The van der Waals surface area contributed by atoms with E-state index < -0.39 is 0 Å². The molecule has 1 aromatic carbocycles. The smallest absolute Gasteiger partial charge is 0.345 e. The topological polar surface area (TPSA) is 55.5 Å². The van der Waals surface area contributed by atoms with E-state index in [1.54, 1.807) is 13.0 Å². The molecule has 0 radical (unpaired) electrons. The van der Waals surface area contributed by atoms with Gasteiger partial charge in [0, 0.05) is 10.3 Å². The summed E-state index contributed by atoms with van der Waals surface area (Å²) in [5, 5.41) is 1.54. The van der Waals surface area contributed by atoms with Crippen molar-refractivity contribution >= 4 is 33.1 Å². The second kappa shape index (κ2) is 5.26. The molecular formula is C16H14N2O2S. The number of aliphatic imine (C=N–C) groups is 1. The number of fused-ring (bicyclic) bond motifs is 1. The zero-order valence-corrected chi connectivity index (χ0v) is 12.8. The van der Waals surface area contributed by atoms with Gasteiger partial charge in [0.05, 0.1) is 17.0 Å². The Hall–Kier alpha value is -2.27. The van der Waals surface area contributed by atoms with Crippen LogP contribution in [0, 0.1) is 13.8 Å². The number of hydrogen-bond acceptors (Lipinski definition) is 5. The molecule has 0 unspecified atom stereocenters. The summed E-state index contributed by atoms with van der Waals surface area (Å²) in [7, 11) is 0. The fourth-order valence-electron chi connectivity index (χ4n) is 2.02. The first-order chi connectivity index (χ1) is 10.0. The van der Waals surface area contributed by atoms with Crippen LogP contribution >= 0.6 is 11.3 Å². The van der Waals surface area contributed by atoms with Crippen molar-refractivity contribution < 1.29 is 4.42 Å². The Morgan fingerprint density at radius 2 is 2.05 bits per heavy atom. The summed E-state index contributed by atoms with van der Waals surface area (Å²) < 4.78 is 5.33. The van der Waals surface area contributed by atoms with Crippen molar-refractivity contribution in [3.8, 4) is 0 Å². The van der Waals surface area contributed by atoms with Gasteiger partial charge in [-0.2, -0.15) is 0 Å². The molecule has 0 saturated carbocycles. The molecular weight excluding hydrogens is 284 g/mol. The number of para-hydroxylation sites is 1. The third-order valence-electron chi connectivity index (χ3n) is 3.31. The molecule has 0 atom stereocenters. The number of nitrogens with zero attached hydrogens (tertiary/aromatic N) is 2. The maximum Gasteiger partial charge on any atom is 0.345 e. The highest BCUT2D eigenvalue weighted by Gasteiger charge is 2.09. The maximum atomic E-state index is 12.1. The Labute approximate surface area is 125 Å². The van der Waals surface area contributed by atoms with Gasteiger partial charge in [0.25, 0.3) is 0 Å². The lowest BCUT2D eigenvalue weighted by molar-refractivity contribution is 0.559. The number of hydrogen-bond donors (Lipinski definition) is 0. The lowest BCUT2D eigenvalue weighted by Crippen LogP contribution is -2.11. The van der Waals surface area contributed by atoms with E-state index in [2.05, 4.69) is 9.98 Å². The molecule has 2 heterocycles. The van der Waals surface area contributed by atoms with E-state index in [-0.39, 0.29) is 5.63 Å². The highest BCUT2D eigenvalue weighted by molar-refractivity contribution is 7.15. The first kappa shape index (κ1) is 13.7. The van der Waals surface area contributed by atoms with E-state index in [1.165, 1.54) is 11.3 Å². The van der Waals surface area contributed by atoms with Crippen LogP contribution in [0.3, 0.4) is 0 Å². The van der Waals surface area contributed by atoms with Crippen molar-refractivity contribution in [2.24, 2.45) is 4.99 Å². The van der Waals surface area contributed by atoms with E-state index in [9.17, 15) is 4.79 Å². The van der Waals surface area contributed by atoms with Crippen molar-refractivity contribution in [2.75, 3.05) is 0 Å². The van der Waals surface area contributed by atoms with Crippen LogP contribution in [-0.2, 0) is 0 Å². The lowest BCUT2D eigenvalue weighted by atomic mass is 10.1. The van der Waals surface area contributed by atoms with E-state index in [1.807, 2.05) is 38.1 Å². The molecule has 0 aliphatic rings. The second-order valence-corrected chi connectivity index (χ2v) is 6.00. The predicted molar refractivity (Wildman–Crippen MR) is 85.9 cm³/mol. The number of benzene rings is 1. The van der Waals surface area contributed by atoms with Crippen LogP contribution in [-0.4, -0.2) is 10.7 Å². The minimum atomic E-state index is -0.375. The molecule has 0 fully saturated rings. The van der Waals surface area contributed by atoms with Gasteiger partial charge >= 0.3 is 5.63 Å². The third kappa shape index (κ3) is 2.64. The van der Waals surface area contributed by atoms with Crippen LogP contribution in [0.4, 0.5) is 5.13 Å². The monoisotopic (exact) mass is 298 g/mol. The van der Waals surface area contributed by atoms with Gasteiger partial charge in [0.1, 0.15) is 5.58 Å². The Morgan fingerprint density at radius 1 is 1.29 bits per heavy atom. The summed E-state index contributed by atoms with van der Waals surface area (Å²) in [6.45, 7) is 5.75. The number of rotatable bonds is 2. The Morgan fingerprint density at radius 3 is 2.76 bits per heavy atom. The molecule has 3 aromatic rings. The van der Waals surface area contributed by atoms with Gasteiger partial charge < -0.3 is 4.42 Å². The first-order valence-electron chi connectivity index (χ1n) is 6.57. The van der Waals surface area contributed by atoms with Crippen molar-refractivity contribution in [1.29, 1.82) is 0 Å². The number of aryl methyl sites for hydroxylation is 2. The highest BCUT2D eigenvalue weighted by atomic mass is 32.1. The summed E-state index contributed by atoms with van der Waals surface area (Å²) in [6.07, 6.45) is 0. The summed E-state index contributed by atoms with van der Waals surface area (Å²) in [5.41, 5.74) is 2.26. The molecule has 0 N–H and O–H groups in total. The van der Waals surface area contributed by atoms with Gasteiger partial charge in [-0.05, 0) is 32.9 Å². The normalized spacial score (nSPS) is 12.0. The quantitative estimate of drug-likeness (QED) is 0.530. The summed E-state index contributed by atoms with van der Waals surface area (Å²) >= 11 is 1.52. The van der Waals surface area contributed by atoms with Gasteiger partial charge in [-0.15, -0.1) is 0 Å². The largest absolute Gasteiger partial charge is 0.422 e. The first-order valence-corrected chi connectivity index (χ1v) is 7.39. The third-order valence-corrected chi connectivity index (χ3v) is 4.28. The fraction of sp³-hybridized carbons (Fsp3) is 0.188. The fourth-order valence-corrected chi connectivity index (χ4v) is 2.85. The molecule has 0 amide bonds. The highest BCUT2D eigenvalue weighted by Crippen LogP contribution is 2.24. The van der Waals surface area contributed by atoms with Crippen LogP contribution in [0.15, 0.2) is 44.5 Å². The minimum absolute atomic E-state index is 0.375. The van der Waals surface area contributed by atoms with Crippen molar-refractivity contribution in [2.45, 2.75) is 20.8 Å². The zero-order valence-electron chi connectivity index (χ0n) is 12.0. The van der Waals surface area contributed by atoms with Gasteiger partial charge in [0.15, 0.2) is 0 Å². The van der Waals surface area contributed by atoms with Gasteiger partial charge in [0.2, 0.25) is 5.13 Å². The molecule has 4 nitrogen and oxygen atoms in total. The van der Waals surface area contributed by atoms with Crippen molar-refractivity contribution in [1.82, 2.24) is 4.98 Å². The van der Waals surface area contributed by atoms with Crippen LogP contribution in [0.5, 0.6) is 0 Å². The average Bonchev–Trinajstić information content (AvgIpc) is 2.76. The Balaban J connectivity index is 2.10. The number of thiazole rings is 1. The molecule has 0 aliphatic carbocycles. The molecule has 0 bridgehead atoms. The van der Waals surface area contributed by atoms with Crippen molar-refractivity contribution in [3.05, 3.63) is 56.9 Å². The summed E-state index contributed by atoms with van der Waals surface area (Å²) in [5.74, 6) is 0.